The molecule has 0 spiro atoms. The number of hydrogen-bond donors (Lipinski definition) is 1. The first kappa shape index (κ1) is 20.3. The van der Waals surface area contributed by atoms with Gasteiger partial charge in [-0.2, -0.15) is 15.1 Å². The number of carbonyl (C=O) groups excluding carboxylic acids is 1. The number of nitrogens with one attached hydrogen (secondary N) is 1. The molecule has 1 aromatic carbocycles. The van der Waals surface area contributed by atoms with Gasteiger partial charge in [-0.05, 0) is 48.4 Å². The first-order chi connectivity index (χ1) is 15.2. The van der Waals surface area contributed by atoms with Crippen LogP contribution >= 0.6 is 23.5 Å². The maximum Gasteiger partial charge on any atom is 0.283 e. The first-order valence-corrected chi connectivity index (χ1v) is 12.1. The van der Waals surface area contributed by atoms with Gasteiger partial charge in [0, 0.05) is 11.7 Å². The maximum atomic E-state index is 12.6. The third kappa shape index (κ3) is 4.55. The number of nitrogens with zero attached hydrogens (tertiary/aromatic N) is 3. The molecule has 1 saturated carbocycles. The number of amides is 1. The van der Waals surface area contributed by atoms with Crippen LogP contribution in [0, 0.1) is 5.41 Å². The van der Waals surface area contributed by atoms with E-state index < -0.39 is 5.91 Å². The number of benzene rings is 1. The lowest BCUT2D eigenvalue weighted by Crippen LogP contribution is -2.35. The van der Waals surface area contributed by atoms with Crippen LogP contribution < -0.4 is 0 Å². The minimum absolute atomic E-state index is 0.0310. The van der Waals surface area contributed by atoms with E-state index in [9.17, 15) is 4.79 Å². The molecule has 0 atom stereocenters. The molecule has 0 saturated heterocycles. The van der Waals surface area contributed by atoms with Gasteiger partial charge >= 0.3 is 0 Å². The number of carbonyl (C=O) groups is 1. The van der Waals surface area contributed by atoms with E-state index in [1.807, 2.05) is 42.5 Å². The summed E-state index contributed by atoms with van der Waals surface area (Å²) >= 11 is 3.11. The Labute approximate surface area is 189 Å². The van der Waals surface area contributed by atoms with E-state index in [2.05, 4.69) is 10.1 Å². The molecular formula is C23H22N4O2S2. The zero-order chi connectivity index (χ0) is 21.2. The number of aliphatic imine (C=N–C) groups is 1. The molecule has 0 radical (unpaired) electrons. The summed E-state index contributed by atoms with van der Waals surface area (Å²) in [7, 11) is 0. The lowest BCUT2D eigenvalue weighted by molar-refractivity contribution is -0.114. The van der Waals surface area contributed by atoms with Gasteiger partial charge in [0.1, 0.15) is 10.8 Å². The minimum atomic E-state index is -0.433. The second kappa shape index (κ2) is 8.88. The van der Waals surface area contributed by atoms with Gasteiger partial charge in [0.25, 0.3) is 5.91 Å². The fourth-order valence-electron chi connectivity index (χ4n) is 3.84. The largest absolute Gasteiger partial charge is 0.450 e. The molecule has 1 amide bonds. The SMILES string of the molecule is N=C1/C(=C/c2ccc(SC3CCCCC3)o2)C(=O)N=C2SC(Cc3ccccc3)=NN12. The van der Waals surface area contributed by atoms with Crippen molar-refractivity contribution < 1.29 is 9.21 Å². The van der Waals surface area contributed by atoms with E-state index in [1.54, 1.807) is 17.8 Å². The number of fused-ring (bicyclic) bond motifs is 1. The van der Waals surface area contributed by atoms with Crippen molar-refractivity contribution in [2.75, 3.05) is 0 Å². The van der Waals surface area contributed by atoms with Gasteiger partial charge < -0.3 is 4.42 Å². The molecule has 1 fully saturated rings. The number of amidine groups is 2. The smallest absolute Gasteiger partial charge is 0.283 e. The Morgan fingerprint density at radius 2 is 1.97 bits per heavy atom. The quantitative estimate of drug-likeness (QED) is 0.603. The zero-order valence-electron chi connectivity index (χ0n) is 16.9. The summed E-state index contributed by atoms with van der Waals surface area (Å²) in [6, 6.07) is 13.8. The summed E-state index contributed by atoms with van der Waals surface area (Å²) in [4.78, 5) is 16.8. The Morgan fingerprint density at radius 1 is 1.16 bits per heavy atom. The van der Waals surface area contributed by atoms with Gasteiger partial charge in [-0.1, -0.05) is 61.4 Å². The Hall–Kier alpha value is -2.58. The molecule has 8 heteroatoms. The van der Waals surface area contributed by atoms with Gasteiger partial charge in [-0.15, -0.1) is 0 Å². The number of hydrazone groups is 1. The molecular weight excluding hydrogens is 428 g/mol. The van der Waals surface area contributed by atoms with E-state index in [0.717, 1.165) is 15.7 Å². The summed E-state index contributed by atoms with van der Waals surface area (Å²) in [5.41, 5.74) is 1.32. The van der Waals surface area contributed by atoms with Gasteiger partial charge in [0.15, 0.2) is 10.9 Å². The maximum absolute atomic E-state index is 12.6. The highest BCUT2D eigenvalue weighted by molar-refractivity contribution is 8.26. The summed E-state index contributed by atoms with van der Waals surface area (Å²) in [5, 5.41) is 17.2. The summed E-state index contributed by atoms with van der Waals surface area (Å²) < 4.78 is 5.93. The molecule has 158 valence electrons. The van der Waals surface area contributed by atoms with Crippen LogP contribution in [0.2, 0.25) is 0 Å². The highest BCUT2D eigenvalue weighted by Gasteiger charge is 2.35. The monoisotopic (exact) mass is 450 g/mol. The van der Waals surface area contributed by atoms with Crippen LogP contribution in [0.3, 0.4) is 0 Å². The molecule has 1 aromatic heterocycles. The van der Waals surface area contributed by atoms with Crippen LogP contribution in [0.15, 0.2) is 67.6 Å². The van der Waals surface area contributed by atoms with Crippen molar-refractivity contribution in [2.45, 2.75) is 48.9 Å². The Kier molecular flexibility index (Phi) is 5.82. The molecule has 5 rings (SSSR count). The molecule has 31 heavy (non-hydrogen) atoms. The topological polar surface area (TPSA) is 82.0 Å². The lowest BCUT2D eigenvalue weighted by Gasteiger charge is -2.20. The predicted octanol–water partition coefficient (Wildman–Crippen LogP) is 5.57. The third-order valence-corrected chi connectivity index (χ3v) is 7.58. The minimum Gasteiger partial charge on any atom is -0.450 e. The van der Waals surface area contributed by atoms with Crippen LogP contribution in [0.25, 0.3) is 6.08 Å². The Balaban J connectivity index is 1.31. The molecule has 1 N–H and O–H groups in total. The number of hydrogen-bond acceptors (Lipinski definition) is 6. The fraction of sp³-hybridized carbons (Fsp3) is 0.304. The van der Waals surface area contributed by atoms with Gasteiger partial charge in [0.05, 0.1) is 5.57 Å². The van der Waals surface area contributed by atoms with Crippen molar-refractivity contribution in [3.8, 4) is 0 Å². The van der Waals surface area contributed by atoms with Gasteiger partial charge in [0.2, 0.25) is 5.17 Å². The van der Waals surface area contributed by atoms with Crippen molar-refractivity contribution in [2.24, 2.45) is 10.1 Å². The molecule has 0 bridgehead atoms. The molecule has 0 unspecified atom stereocenters. The van der Waals surface area contributed by atoms with E-state index >= 15 is 0 Å². The van der Waals surface area contributed by atoms with Crippen molar-refractivity contribution >= 4 is 51.6 Å². The summed E-state index contributed by atoms with van der Waals surface area (Å²) in [6.45, 7) is 0. The lowest BCUT2D eigenvalue weighted by atomic mass is 10.0. The van der Waals surface area contributed by atoms with Crippen LogP contribution in [0.5, 0.6) is 0 Å². The third-order valence-electron chi connectivity index (χ3n) is 5.42. The van der Waals surface area contributed by atoms with Crippen molar-refractivity contribution in [3.63, 3.8) is 0 Å². The Bertz CT molecular complexity index is 1100. The molecule has 3 aliphatic rings. The van der Waals surface area contributed by atoms with Crippen molar-refractivity contribution in [1.29, 1.82) is 5.41 Å². The summed E-state index contributed by atoms with van der Waals surface area (Å²) in [6.07, 6.45) is 8.57. The fourth-order valence-corrected chi connectivity index (χ4v) is 5.95. The number of rotatable bonds is 5. The average Bonchev–Trinajstić information content (AvgIpc) is 3.39. The second-order valence-electron chi connectivity index (χ2n) is 7.71. The molecule has 2 aliphatic heterocycles. The Morgan fingerprint density at radius 3 is 2.77 bits per heavy atom. The molecule has 3 heterocycles. The average molecular weight is 451 g/mol. The van der Waals surface area contributed by atoms with E-state index in [4.69, 9.17) is 9.83 Å². The first-order valence-electron chi connectivity index (χ1n) is 10.5. The van der Waals surface area contributed by atoms with Crippen molar-refractivity contribution in [3.05, 3.63) is 59.4 Å². The number of thioether (sulfide) groups is 2. The van der Waals surface area contributed by atoms with Gasteiger partial charge in [-0.3, -0.25) is 10.2 Å². The van der Waals surface area contributed by atoms with Gasteiger partial charge in [-0.25, -0.2) is 0 Å². The summed E-state index contributed by atoms with van der Waals surface area (Å²) in [5.74, 6) is 0.159. The van der Waals surface area contributed by atoms with Crippen LogP contribution in [0.4, 0.5) is 0 Å². The van der Waals surface area contributed by atoms with Crippen LogP contribution in [-0.2, 0) is 11.2 Å². The van der Waals surface area contributed by atoms with E-state index in [1.165, 1.54) is 48.9 Å². The second-order valence-corrected chi connectivity index (χ2v) is 10.1. The molecule has 1 aliphatic carbocycles. The highest BCUT2D eigenvalue weighted by atomic mass is 32.2. The highest BCUT2D eigenvalue weighted by Crippen LogP contribution is 2.35. The van der Waals surface area contributed by atoms with Crippen LogP contribution in [-0.4, -0.2) is 32.2 Å². The molecule has 2 aromatic rings. The number of furan rings is 1. The van der Waals surface area contributed by atoms with E-state index in [-0.39, 0.29) is 11.4 Å². The standard InChI is InChI=1S/C23H22N4O2S2/c24-21-18(14-16-11-12-20(29-16)30-17-9-5-2-6-10-17)22(28)25-23-27(21)26-19(31-23)13-15-7-3-1-4-8-15/h1,3-4,7-8,11-12,14,17,24H,2,5-6,9-10,13H2/b18-14-,24-21?. The van der Waals surface area contributed by atoms with E-state index in [0.29, 0.717) is 22.6 Å². The zero-order valence-corrected chi connectivity index (χ0v) is 18.5. The normalized spacial score (nSPS) is 20.8. The molecule has 6 nitrogen and oxygen atoms in total. The predicted molar refractivity (Wildman–Crippen MR) is 127 cm³/mol. The van der Waals surface area contributed by atoms with Crippen molar-refractivity contribution in [1.82, 2.24) is 5.01 Å². The van der Waals surface area contributed by atoms with Crippen LogP contribution in [0.1, 0.15) is 43.4 Å².